The molecule has 1 aliphatic rings. The fourth-order valence-corrected chi connectivity index (χ4v) is 6.60. The minimum Gasteiger partial charge on any atom is -0.0843 e. The number of fused-ring (bicyclic) bond motifs is 3. The highest BCUT2D eigenvalue weighted by Crippen LogP contribution is 2.56. The third-order valence-electron chi connectivity index (χ3n) is 8.32. The molecule has 6 aromatic rings. The second-order valence-electron chi connectivity index (χ2n) is 11.1. The normalized spacial score (nSPS) is 13.1. The fraction of sp³-hybridized carbons (Fsp3) is 0.0769. The van der Waals surface area contributed by atoms with Crippen molar-refractivity contribution in [1.82, 2.24) is 0 Å². The van der Waals surface area contributed by atoms with Gasteiger partial charge in [0, 0.05) is 10.4 Å². The Balaban J connectivity index is 1.61. The highest BCUT2D eigenvalue weighted by atomic mass is 35.5. The number of hydrogen-bond donors (Lipinski definition) is 0. The predicted octanol–water partition coefficient (Wildman–Crippen LogP) is 11.3. The van der Waals surface area contributed by atoms with Crippen LogP contribution in [0, 0.1) is 0 Å². The molecule has 6 aromatic carbocycles. The zero-order valence-corrected chi connectivity index (χ0v) is 23.4. The molecule has 7 rings (SSSR count). The van der Waals surface area contributed by atoms with Gasteiger partial charge in [0.05, 0.1) is 0 Å². The van der Waals surface area contributed by atoms with Crippen molar-refractivity contribution in [2.24, 2.45) is 0 Å². The molecule has 1 heteroatoms. The standard InChI is InChI=1S/C39H29Cl/c1-39(2)35-19-10-9-18-32(35)34-25-33(27-12-5-3-6-13-27)36(37(38(34)39)28-14-7-4-8-15-28)30-17-11-16-29(24-30)26-20-22-31(40)23-21-26/h3-25H,1-2H3. The van der Waals surface area contributed by atoms with Gasteiger partial charge in [-0.2, -0.15) is 0 Å². The Kier molecular flexibility index (Phi) is 5.95. The lowest BCUT2D eigenvalue weighted by Gasteiger charge is -2.28. The maximum absolute atomic E-state index is 6.22. The van der Waals surface area contributed by atoms with Crippen molar-refractivity contribution < 1.29 is 0 Å². The zero-order valence-electron chi connectivity index (χ0n) is 22.7. The molecule has 192 valence electrons. The molecule has 0 N–H and O–H groups in total. The van der Waals surface area contributed by atoms with Gasteiger partial charge in [-0.05, 0) is 91.0 Å². The van der Waals surface area contributed by atoms with E-state index in [1.807, 2.05) is 12.1 Å². The molecule has 0 spiro atoms. The summed E-state index contributed by atoms with van der Waals surface area (Å²) < 4.78 is 0. The van der Waals surface area contributed by atoms with Gasteiger partial charge in [0.1, 0.15) is 0 Å². The van der Waals surface area contributed by atoms with Crippen LogP contribution in [0.15, 0.2) is 140 Å². The molecule has 0 aliphatic heterocycles. The first-order valence-corrected chi connectivity index (χ1v) is 14.2. The average molecular weight is 533 g/mol. The van der Waals surface area contributed by atoms with E-state index in [-0.39, 0.29) is 5.41 Å². The van der Waals surface area contributed by atoms with Gasteiger partial charge in [-0.3, -0.25) is 0 Å². The number of halogens is 1. The molecule has 0 saturated carbocycles. The first-order valence-electron chi connectivity index (χ1n) is 13.8. The van der Waals surface area contributed by atoms with Crippen LogP contribution in [0.4, 0.5) is 0 Å². The third kappa shape index (κ3) is 3.99. The average Bonchev–Trinajstić information content (AvgIpc) is 3.24. The zero-order chi connectivity index (χ0) is 27.3. The van der Waals surface area contributed by atoms with Gasteiger partial charge in [0.2, 0.25) is 0 Å². The molecule has 0 nitrogen and oxygen atoms in total. The quantitative estimate of drug-likeness (QED) is 0.212. The fourth-order valence-electron chi connectivity index (χ4n) is 6.48. The summed E-state index contributed by atoms with van der Waals surface area (Å²) in [6.45, 7) is 4.75. The van der Waals surface area contributed by atoms with Crippen LogP contribution in [0.1, 0.15) is 25.0 Å². The summed E-state index contributed by atoms with van der Waals surface area (Å²) in [6, 6.07) is 50.2. The van der Waals surface area contributed by atoms with Crippen LogP contribution < -0.4 is 0 Å². The third-order valence-corrected chi connectivity index (χ3v) is 8.57. The summed E-state index contributed by atoms with van der Waals surface area (Å²) in [4.78, 5) is 0. The van der Waals surface area contributed by atoms with Crippen molar-refractivity contribution >= 4 is 11.6 Å². The number of benzene rings is 6. The van der Waals surface area contributed by atoms with Crippen molar-refractivity contribution in [2.75, 3.05) is 0 Å². The molecule has 0 radical (unpaired) electrons. The van der Waals surface area contributed by atoms with Crippen LogP contribution >= 0.6 is 11.6 Å². The molecule has 0 saturated heterocycles. The first-order chi connectivity index (χ1) is 19.5. The topological polar surface area (TPSA) is 0 Å². The maximum Gasteiger partial charge on any atom is 0.0406 e. The van der Waals surface area contributed by atoms with Gasteiger partial charge in [0.25, 0.3) is 0 Å². The molecule has 0 bridgehead atoms. The highest BCUT2D eigenvalue weighted by Gasteiger charge is 2.39. The summed E-state index contributed by atoms with van der Waals surface area (Å²) >= 11 is 6.22. The molecule has 40 heavy (non-hydrogen) atoms. The molecular formula is C39H29Cl. The Labute approximate surface area is 241 Å². The van der Waals surface area contributed by atoms with Gasteiger partial charge < -0.3 is 0 Å². The smallest absolute Gasteiger partial charge is 0.0406 e. The van der Waals surface area contributed by atoms with Crippen LogP contribution in [-0.2, 0) is 5.41 Å². The summed E-state index contributed by atoms with van der Waals surface area (Å²) in [5.41, 5.74) is 15.1. The van der Waals surface area contributed by atoms with E-state index in [9.17, 15) is 0 Å². The van der Waals surface area contributed by atoms with E-state index in [0.717, 1.165) is 10.6 Å². The molecule has 0 amide bonds. The van der Waals surface area contributed by atoms with Crippen LogP contribution in [0.2, 0.25) is 5.02 Å². The predicted molar refractivity (Wildman–Crippen MR) is 171 cm³/mol. The molecule has 0 aromatic heterocycles. The molecule has 0 fully saturated rings. The van der Waals surface area contributed by atoms with E-state index in [4.69, 9.17) is 11.6 Å². The highest BCUT2D eigenvalue weighted by molar-refractivity contribution is 6.30. The maximum atomic E-state index is 6.22. The number of hydrogen-bond acceptors (Lipinski definition) is 0. The number of rotatable bonds is 4. The molecule has 0 unspecified atom stereocenters. The molecule has 0 heterocycles. The molecular weight excluding hydrogens is 504 g/mol. The first kappa shape index (κ1) is 24.6. The van der Waals surface area contributed by atoms with Gasteiger partial charge in [0.15, 0.2) is 0 Å². The Morgan fingerprint density at radius 1 is 0.425 bits per heavy atom. The lowest BCUT2D eigenvalue weighted by molar-refractivity contribution is 0.662. The monoisotopic (exact) mass is 532 g/mol. The van der Waals surface area contributed by atoms with Crippen LogP contribution in [0.25, 0.3) is 55.6 Å². The molecule has 0 atom stereocenters. The molecule has 1 aliphatic carbocycles. The van der Waals surface area contributed by atoms with Crippen molar-refractivity contribution in [1.29, 1.82) is 0 Å². The summed E-state index contributed by atoms with van der Waals surface area (Å²) in [5.74, 6) is 0. The Hall–Kier alpha value is -4.39. The van der Waals surface area contributed by atoms with E-state index in [2.05, 4.69) is 141 Å². The minimum absolute atomic E-state index is 0.144. The van der Waals surface area contributed by atoms with Gasteiger partial charge in [-0.15, -0.1) is 0 Å². The van der Waals surface area contributed by atoms with Crippen molar-refractivity contribution in [3.63, 3.8) is 0 Å². The van der Waals surface area contributed by atoms with Gasteiger partial charge in [-0.25, -0.2) is 0 Å². The van der Waals surface area contributed by atoms with E-state index in [1.54, 1.807) is 0 Å². The Morgan fingerprint density at radius 3 is 1.75 bits per heavy atom. The van der Waals surface area contributed by atoms with Gasteiger partial charge >= 0.3 is 0 Å². The Bertz CT molecular complexity index is 1850. The largest absolute Gasteiger partial charge is 0.0843 e. The second kappa shape index (κ2) is 9.66. The van der Waals surface area contributed by atoms with E-state index in [1.165, 1.54) is 61.2 Å². The van der Waals surface area contributed by atoms with E-state index >= 15 is 0 Å². The van der Waals surface area contributed by atoms with Crippen LogP contribution in [0.3, 0.4) is 0 Å². The van der Waals surface area contributed by atoms with E-state index < -0.39 is 0 Å². The van der Waals surface area contributed by atoms with Crippen molar-refractivity contribution in [3.05, 3.63) is 156 Å². The SMILES string of the molecule is CC1(C)c2ccccc2-c2cc(-c3ccccc3)c(-c3cccc(-c4ccc(Cl)cc4)c3)c(-c3ccccc3)c21. The Morgan fingerprint density at radius 2 is 1.02 bits per heavy atom. The minimum atomic E-state index is -0.144. The van der Waals surface area contributed by atoms with E-state index in [0.29, 0.717) is 0 Å². The van der Waals surface area contributed by atoms with Crippen LogP contribution in [0.5, 0.6) is 0 Å². The summed E-state index contributed by atoms with van der Waals surface area (Å²) in [7, 11) is 0. The lowest BCUT2D eigenvalue weighted by Crippen LogP contribution is -2.17. The second-order valence-corrected chi connectivity index (χ2v) is 11.5. The van der Waals surface area contributed by atoms with Crippen LogP contribution in [-0.4, -0.2) is 0 Å². The summed E-state index contributed by atoms with van der Waals surface area (Å²) in [5, 5.41) is 0.748. The van der Waals surface area contributed by atoms with Crippen molar-refractivity contribution in [2.45, 2.75) is 19.3 Å². The van der Waals surface area contributed by atoms with Crippen molar-refractivity contribution in [3.8, 4) is 55.6 Å². The summed E-state index contributed by atoms with van der Waals surface area (Å²) in [6.07, 6.45) is 0. The van der Waals surface area contributed by atoms with Gasteiger partial charge in [-0.1, -0.05) is 141 Å². The lowest BCUT2D eigenvalue weighted by atomic mass is 9.74.